The number of ether oxygens (including phenoxy) is 1. The molecule has 0 atom stereocenters. The summed E-state index contributed by atoms with van der Waals surface area (Å²) in [6.07, 6.45) is 0. The molecule has 104 valence electrons. The molecule has 0 aromatic heterocycles. The summed E-state index contributed by atoms with van der Waals surface area (Å²) < 4.78 is 19.1. The summed E-state index contributed by atoms with van der Waals surface area (Å²) in [4.78, 5) is 10.2. The molecule has 0 bridgehead atoms. The monoisotopic (exact) mass is 295 g/mol. The quantitative estimate of drug-likeness (QED) is 0.625. The molecule has 4 nitrogen and oxygen atoms in total. The molecule has 2 rings (SSSR count). The van der Waals surface area contributed by atoms with Gasteiger partial charge in [-0.05, 0) is 30.2 Å². The molecule has 2 aromatic rings. The smallest absolute Gasteiger partial charge is 0.288 e. The Balaban J connectivity index is 2.17. The number of aryl methyl sites for hydroxylation is 1. The minimum atomic E-state index is -0.570. The lowest BCUT2D eigenvalue weighted by atomic mass is 10.2. The molecule has 0 heterocycles. The van der Waals surface area contributed by atoms with E-state index < -0.39 is 10.7 Å². The van der Waals surface area contributed by atoms with E-state index in [9.17, 15) is 14.5 Å². The van der Waals surface area contributed by atoms with Crippen molar-refractivity contribution in [1.29, 1.82) is 0 Å². The van der Waals surface area contributed by atoms with E-state index in [-0.39, 0.29) is 23.1 Å². The molecule has 0 N–H and O–H groups in total. The van der Waals surface area contributed by atoms with Gasteiger partial charge in [0.05, 0.1) is 4.92 Å². The Hall–Kier alpha value is -2.14. The summed E-state index contributed by atoms with van der Waals surface area (Å²) in [7, 11) is 0. The van der Waals surface area contributed by atoms with Crippen molar-refractivity contribution >= 4 is 17.3 Å². The summed E-state index contributed by atoms with van der Waals surface area (Å²) in [5, 5.41) is 10.8. The fourth-order valence-corrected chi connectivity index (χ4v) is 1.87. The van der Waals surface area contributed by atoms with Crippen molar-refractivity contribution in [2.24, 2.45) is 0 Å². The van der Waals surface area contributed by atoms with Crippen molar-refractivity contribution in [3.8, 4) is 5.75 Å². The molecule has 0 fully saturated rings. The maximum atomic E-state index is 13.7. The third-order valence-electron chi connectivity index (χ3n) is 2.76. The first-order valence-electron chi connectivity index (χ1n) is 5.80. The van der Waals surface area contributed by atoms with Crippen molar-refractivity contribution in [2.75, 3.05) is 0 Å². The van der Waals surface area contributed by atoms with Crippen LogP contribution in [-0.4, -0.2) is 4.92 Å². The van der Waals surface area contributed by atoms with Crippen LogP contribution in [0, 0.1) is 22.9 Å². The number of halogens is 2. The third-order valence-corrected chi connectivity index (χ3v) is 3.08. The zero-order valence-electron chi connectivity index (χ0n) is 10.6. The molecular weight excluding hydrogens is 285 g/mol. The Bertz CT molecular complexity index is 661. The molecule has 0 saturated carbocycles. The van der Waals surface area contributed by atoms with Crippen LogP contribution in [0.5, 0.6) is 5.75 Å². The predicted octanol–water partition coefficient (Wildman–Crippen LogP) is 4.27. The van der Waals surface area contributed by atoms with Crippen LogP contribution in [0.1, 0.15) is 11.1 Å². The summed E-state index contributed by atoms with van der Waals surface area (Å²) in [5.74, 6) is -0.321. The molecule has 0 amide bonds. The van der Waals surface area contributed by atoms with E-state index in [1.807, 2.05) is 0 Å². The molecule has 6 heteroatoms. The Morgan fingerprint density at radius 1 is 1.35 bits per heavy atom. The second kappa shape index (κ2) is 5.88. The topological polar surface area (TPSA) is 52.4 Å². The van der Waals surface area contributed by atoms with E-state index in [0.29, 0.717) is 11.1 Å². The van der Waals surface area contributed by atoms with Gasteiger partial charge in [0.25, 0.3) is 5.69 Å². The summed E-state index contributed by atoms with van der Waals surface area (Å²) in [5.41, 5.74) is 0.823. The number of hydrogen-bond donors (Lipinski definition) is 0. The van der Waals surface area contributed by atoms with Gasteiger partial charge in [0.2, 0.25) is 0 Å². The average Bonchev–Trinajstić information content (AvgIpc) is 2.41. The minimum absolute atomic E-state index is 0.0262. The summed E-state index contributed by atoms with van der Waals surface area (Å²) >= 11 is 5.71. The number of nitro groups is 1. The number of rotatable bonds is 4. The van der Waals surface area contributed by atoms with Crippen molar-refractivity contribution in [2.45, 2.75) is 13.5 Å². The molecule has 0 aliphatic carbocycles. The molecule has 0 aliphatic rings. The van der Waals surface area contributed by atoms with Gasteiger partial charge in [0.15, 0.2) is 11.6 Å². The highest BCUT2D eigenvalue weighted by Crippen LogP contribution is 2.26. The van der Waals surface area contributed by atoms with Crippen LogP contribution in [0.4, 0.5) is 10.1 Å². The van der Waals surface area contributed by atoms with E-state index >= 15 is 0 Å². The van der Waals surface area contributed by atoms with Crippen LogP contribution >= 0.6 is 11.6 Å². The van der Waals surface area contributed by atoms with Gasteiger partial charge in [-0.25, -0.2) is 4.39 Å². The van der Waals surface area contributed by atoms with Gasteiger partial charge in [0.1, 0.15) is 11.6 Å². The van der Waals surface area contributed by atoms with Gasteiger partial charge in [0, 0.05) is 6.07 Å². The second-order valence-electron chi connectivity index (χ2n) is 4.22. The lowest BCUT2D eigenvalue weighted by Gasteiger charge is -2.08. The third kappa shape index (κ3) is 3.05. The van der Waals surface area contributed by atoms with Crippen molar-refractivity contribution in [3.05, 3.63) is 68.5 Å². The summed E-state index contributed by atoms with van der Waals surface area (Å²) in [6.45, 7) is 1.66. The van der Waals surface area contributed by atoms with Crippen LogP contribution in [0.2, 0.25) is 5.02 Å². The van der Waals surface area contributed by atoms with Crippen LogP contribution in [0.3, 0.4) is 0 Å². The minimum Gasteiger partial charge on any atom is -0.486 e. The number of nitro benzene ring substituents is 1. The van der Waals surface area contributed by atoms with Crippen molar-refractivity contribution < 1.29 is 14.1 Å². The van der Waals surface area contributed by atoms with Crippen LogP contribution in [-0.2, 0) is 6.61 Å². The number of nitrogens with zero attached hydrogens (tertiary/aromatic N) is 1. The second-order valence-corrected chi connectivity index (χ2v) is 4.63. The maximum absolute atomic E-state index is 13.7. The van der Waals surface area contributed by atoms with Crippen molar-refractivity contribution in [3.63, 3.8) is 0 Å². The fourth-order valence-electron chi connectivity index (χ4n) is 1.68. The molecule has 0 spiro atoms. The van der Waals surface area contributed by atoms with Crippen LogP contribution < -0.4 is 4.74 Å². The number of hydrogen-bond acceptors (Lipinski definition) is 3. The molecule has 0 unspecified atom stereocenters. The lowest BCUT2D eigenvalue weighted by Crippen LogP contribution is -1.99. The van der Waals surface area contributed by atoms with E-state index in [1.54, 1.807) is 25.1 Å². The largest absolute Gasteiger partial charge is 0.486 e. The first kappa shape index (κ1) is 14.3. The van der Waals surface area contributed by atoms with Crippen LogP contribution in [0.15, 0.2) is 36.4 Å². The summed E-state index contributed by atoms with van der Waals surface area (Å²) in [6, 6.07) is 9.16. The molecule has 2 aromatic carbocycles. The Labute approximate surface area is 119 Å². The predicted molar refractivity (Wildman–Crippen MR) is 73.6 cm³/mol. The Morgan fingerprint density at radius 3 is 2.80 bits per heavy atom. The van der Waals surface area contributed by atoms with Gasteiger partial charge >= 0.3 is 0 Å². The highest BCUT2D eigenvalue weighted by molar-refractivity contribution is 6.32. The molecule has 20 heavy (non-hydrogen) atoms. The Morgan fingerprint density at radius 2 is 2.10 bits per heavy atom. The van der Waals surface area contributed by atoms with Gasteiger partial charge in [-0.3, -0.25) is 10.1 Å². The fraction of sp³-hybridized carbons (Fsp3) is 0.143. The van der Waals surface area contributed by atoms with Crippen molar-refractivity contribution in [1.82, 2.24) is 0 Å². The SMILES string of the molecule is Cc1cccc(OCc2ccc(Cl)c([N+](=O)[O-])c2)c1F. The highest BCUT2D eigenvalue weighted by Gasteiger charge is 2.13. The Kier molecular flexibility index (Phi) is 4.20. The molecule has 0 radical (unpaired) electrons. The van der Waals surface area contributed by atoms with E-state index in [0.717, 1.165) is 0 Å². The first-order valence-corrected chi connectivity index (χ1v) is 6.17. The molecule has 0 saturated heterocycles. The zero-order chi connectivity index (χ0) is 14.7. The van der Waals surface area contributed by atoms with Gasteiger partial charge in [-0.2, -0.15) is 0 Å². The zero-order valence-corrected chi connectivity index (χ0v) is 11.4. The molecule has 0 aliphatic heterocycles. The molecular formula is C14H11ClFNO3. The van der Waals surface area contributed by atoms with Gasteiger partial charge in [-0.15, -0.1) is 0 Å². The average molecular weight is 296 g/mol. The first-order chi connectivity index (χ1) is 9.49. The van der Waals surface area contributed by atoms with E-state index in [4.69, 9.17) is 16.3 Å². The highest BCUT2D eigenvalue weighted by atomic mass is 35.5. The maximum Gasteiger partial charge on any atom is 0.288 e. The lowest BCUT2D eigenvalue weighted by molar-refractivity contribution is -0.384. The van der Waals surface area contributed by atoms with Gasteiger partial charge < -0.3 is 4.74 Å². The van der Waals surface area contributed by atoms with Gasteiger partial charge in [-0.1, -0.05) is 29.8 Å². The van der Waals surface area contributed by atoms with E-state index in [1.165, 1.54) is 18.2 Å². The standard InChI is InChI=1S/C14H11ClFNO3/c1-9-3-2-4-13(14(9)16)20-8-10-5-6-11(15)12(7-10)17(18)19/h2-7H,8H2,1H3. The normalized spacial score (nSPS) is 10.3. The number of benzene rings is 2. The van der Waals surface area contributed by atoms with E-state index in [2.05, 4.69) is 0 Å². The van der Waals surface area contributed by atoms with Crippen LogP contribution in [0.25, 0.3) is 0 Å².